The van der Waals surface area contributed by atoms with Crippen LogP contribution in [-0.4, -0.2) is 12.5 Å². The standard InChI is InChI=1S/C25H22N2O2/c26-18-23(25(28)27-16-15-20-7-3-1-4-8-20)17-21-11-13-24(14-12-21)29-19-22-9-5-2-6-10-22/h1-14,17H,15-16,19H2,(H,27,28)/b23-17+. The molecule has 3 rings (SSSR count). The molecular formula is C25H22N2O2. The highest BCUT2D eigenvalue weighted by molar-refractivity contribution is 6.01. The number of hydrogen-bond acceptors (Lipinski definition) is 3. The fraction of sp³-hybridized carbons (Fsp3) is 0.120. The molecule has 0 aliphatic heterocycles. The Hall–Kier alpha value is -3.84. The minimum Gasteiger partial charge on any atom is -0.489 e. The Bertz CT molecular complexity index is 989. The molecule has 0 aliphatic carbocycles. The highest BCUT2D eigenvalue weighted by atomic mass is 16.5. The highest BCUT2D eigenvalue weighted by Crippen LogP contribution is 2.16. The summed E-state index contributed by atoms with van der Waals surface area (Å²) >= 11 is 0. The van der Waals surface area contributed by atoms with Crippen LogP contribution in [0.1, 0.15) is 16.7 Å². The van der Waals surface area contributed by atoms with Crippen molar-refractivity contribution in [3.63, 3.8) is 0 Å². The van der Waals surface area contributed by atoms with Crippen molar-refractivity contribution in [2.24, 2.45) is 0 Å². The lowest BCUT2D eigenvalue weighted by Gasteiger charge is -2.07. The zero-order valence-corrected chi connectivity index (χ0v) is 16.0. The predicted molar refractivity (Wildman–Crippen MR) is 114 cm³/mol. The summed E-state index contributed by atoms with van der Waals surface area (Å²) < 4.78 is 5.76. The average Bonchev–Trinajstić information content (AvgIpc) is 2.78. The summed E-state index contributed by atoms with van der Waals surface area (Å²) in [7, 11) is 0. The van der Waals surface area contributed by atoms with Gasteiger partial charge >= 0.3 is 0 Å². The van der Waals surface area contributed by atoms with Crippen LogP contribution in [0.5, 0.6) is 5.75 Å². The van der Waals surface area contributed by atoms with Crippen molar-refractivity contribution in [1.29, 1.82) is 5.26 Å². The number of rotatable bonds is 8. The summed E-state index contributed by atoms with van der Waals surface area (Å²) in [5, 5.41) is 12.1. The number of benzene rings is 3. The summed E-state index contributed by atoms with van der Waals surface area (Å²) in [5.41, 5.74) is 3.08. The molecule has 3 aromatic rings. The van der Waals surface area contributed by atoms with Crippen molar-refractivity contribution >= 4 is 12.0 Å². The third-order valence-electron chi connectivity index (χ3n) is 4.35. The largest absolute Gasteiger partial charge is 0.489 e. The van der Waals surface area contributed by atoms with E-state index >= 15 is 0 Å². The molecule has 1 N–H and O–H groups in total. The second-order valence-electron chi connectivity index (χ2n) is 6.50. The van der Waals surface area contributed by atoms with Gasteiger partial charge in [0.1, 0.15) is 24.0 Å². The average molecular weight is 382 g/mol. The Kier molecular flexibility index (Phi) is 7.20. The van der Waals surface area contributed by atoms with Crippen LogP contribution in [0.2, 0.25) is 0 Å². The third kappa shape index (κ3) is 6.37. The first kappa shape index (κ1) is 19.9. The van der Waals surface area contributed by atoms with Crippen LogP contribution >= 0.6 is 0 Å². The smallest absolute Gasteiger partial charge is 0.261 e. The normalized spacial score (nSPS) is 10.8. The first-order chi connectivity index (χ1) is 14.2. The van der Waals surface area contributed by atoms with Crippen molar-refractivity contribution in [2.75, 3.05) is 6.54 Å². The van der Waals surface area contributed by atoms with Gasteiger partial charge < -0.3 is 10.1 Å². The maximum atomic E-state index is 12.3. The van der Waals surface area contributed by atoms with E-state index in [1.54, 1.807) is 6.08 Å². The molecule has 0 fully saturated rings. The number of hydrogen-bond donors (Lipinski definition) is 1. The van der Waals surface area contributed by atoms with Crippen molar-refractivity contribution in [3.8, 4) is 11.8 Å². The molecule has 0 aromatic heterocycles. The zero-order chi connectivity index (χ0) is 20.3. The van der Waals surface area contributed by atoms with Crippen molar-refractivity contribution in [1.82, 2.24) is 5.32 Å². The van der Waals surface area contributed by atoms with Crippen LogP contribution in [0.3, 0.4) is 0 Å². The molecule has 0 spiro atoms. The molecule has 3 aromatic carbocycles. The number of nitriles is 1. The lowest BCUT2D eigenvalue weighted by atomic mass is 10.1. The quantitative estimate of drug-likeness (QED) is 0.460. The number of amides is 1. The molecule has 144 valence electrons. The van der Waals surface area contributed by atoms with Crippen molar-refractivity contribution < 1.29 is 9.53 Å². The SMILES string of the molecule is N#C/C(=C\c1ccc(OCc2ccccc2)cc1)C(=O)NCCc1ccccc1. The maximum absolute atomic E-state index is 12.3. The van der Waals surface area contributed by atoms with Crippen LogP contribution in [0.25, 0.3) is 6.08 Å². The van der Waals surface area contributed by atoms with Crippen LogP contribution < -0.4 is 10.1 Å². The van der Waals surface area contributed by atoms with E-state index in [0.717, 1.165) is 28.9 Å². The number of ether oxygens (including phenoxy) is 1. The predicted octanol–water partition coefficient (Wildman–Crippen LogP) is 4.53. The Morgan fingerprint density at radius 3 is 2.14 bits per heavy atom. The Morgan fingerprint density at radius 2 is 1.52 bits per heavy atom. The first-order valence-electron chi connectivity index (χ1n) is 9.45. The van der Waals surface area contributed by atoms with Gasteiger partial charge in [-0.3, -0.25) is 4.79 Å². The van der Waals surface area contributed by atoms with Crippen molar-refractivity contribution in [2.45, 2.75) is 13.0 Å². The van der Waals surface area contributed by atoms with Gasteiger partial charge in [-0.05, 0) is 41.3 Å². The molecule has 0 bridgehead atoms. The van der Waals surface area contributed by atoms with E-state index in [0.29, 0.717) is 13.2 Å². The molecule has 29 heavy (non-hydrogen) atoms. The van der Waals surface area contributed by atoms with Gasteiger partial charge in [-0.1, -0.05) is 72.8 Å². The summed E-state index contributed by atoms with van der Waals surface area (Å²) in [6, 6.07) is 29.1. The minimum atomic E-state index is -0.368. The molecule has 0 aliphatic rings. The second kappa shape index (κ2) is 10.5. The van der Waals surface area contributed by atoms with E-state index in [9.17, 15) is 10.1 Å². The van der Waals surface area contributed by atoms with Crippen molar-refractivity contribution in [3.05, 3.63) is 107 Å². The number of carbonyl (C=O) groups is 1. The first-order valence-corrected chi connectivity index (χ1v) is 9.45. The molecule has 0 heterocycles. The van der Waals surface area contributed by atoms with E-state index in [4.69, 9.17) is 4.74 Å². The summed E-state index contributed by atoms with van der Waals surface area (Å²) in [4.78, 5) is 12.3. The van der Waals surface area contributed by atoms with Gasteiger partial charge in [-0.15, -0.1) is 0 Å². The Labute approximate surface area is 171 Å². The molecule has 0 radical (unpaired) electrons. The van der Waals surface area contributed by atoms with Gasteiger partial charge in [0, 0.05) is 6.54 Å². The number of nitrogens with zero attached hydrogens (tertiary/aromatic N) is 1. The Morgan fingerprint density at radius 1 is 0.897 bits per heavy atom. The van der Waals surface area contributed by atoms with Gasteiger partial charge in [-0.25, -0.2) is 0 Å². The van der Waals surface area contributed by atoms with Crippen LogP contribution in [0, 0.1) is 11.3 Å². The maximum Gasteiger partial charge on any atom is 0.261 e. The fourth-order valence-electron chi connectivity index (χ4n) is 2.78. The molecule has 1 amide bonds. The minimum absolute atomic E-state index is 0.0796. The van der Waals surface area contributed by atoms with E-state index in [2.05, 4.69) is 5.32 Å². The van der Waals surface area contributed by atoms with E-state index in [1.165, 1.54) is 0 Å². The molecule has 4 heteroatoms. The van der Waals surface area contributed by atoms with E-state index < -0.39 is 0 Å². The van der Waals surface area contributed by atoms with Crippen LogP contribution in [-0.2, 0) is 17.8 Å². The fourth-order valence-corrected chi connectivity index (χ4v) is 2.78. The lowest BCUT2D eigenvalue weighted by molar-refractivity contribution is -0.117. The molecule has 0 atom stereocenters. The molecule has 0 saturated carbocycles. The van der Waals surface area contributed by atoms with Gasteiger partial charge in [0.25, 0.3) is 5.91 Å². The van der Waals surface area contributed by atoms with Gasteiger partial charge in [0.2, 0.25) is 0 Å². The summed E-state index contributed by atoms with van der Waals surface area (Å²) in [6.07, 6.45) is 2.30. The summed E-state index contributed by atoms with van der Waals surface area (Å²) in [5.74, 6) is 0.365. The van der Waals surface area contributed by atoms with E-state index in [-0.39, 0.29) is 11.5 Å². The second-order valence-corrected chi connectivity index (χ2v) is 6.50. The number of nitrogens with one attached hydrogen (secondary N) is 1. The third-order valence-corrected chi connectivity index (χ3v) is 4.35. The van der Waals surface area contributed by atoms with Gasteiger partial charge in [-0.2, -0.15) is 5.26 Å². The topological polar surface area (TPSA) is 62.1 Å². The van der Waals surface area contributed by atoms with Gasteiger partial charge in [0.05, 0.1) is 0 Å². The monoisotopic (exact) mass is 382 g/mol. The zero-order valence-electron chi connectivity index (χ0n) is 16.0. The van der Waals surface area contributed by atoms with Crippen LogP contribution in [0.4, 0.5) is 0 Å². The molecule has 0 unspecified atom stereocenters. The molecule has 4 nitrogen and oxygen atoms in total. The lowest BCUT2D eigenvalue weighted by Crippen LogP contribution is -2.26. The molecular weight excluding hydrogens is 360 g/mol. The molecule has 0 saturated heterocycles. The van der Waals surface area contributed by atoms with Gasteiger partial charge in [0.15, 0.2) is 0 Å². The Balaban J connectivity index is 1.54. The van der Waals surface area contributed by atoms with Crippen LogP contribution in [0.15, 0.2) is 90.5 Å². The highest BCUT2D eigenvalue weighted by Gasteiger charge is 2.08. The van der Waals surface area contributed by atoms with E-state index in [1.807, 2.05) is 91.0 Å². The summed E-state index contributed by atoms with van der Waals surface area (Å²) in [6.45, 7) is 0.970. The number of carbonyl (C=O) groups excluding carboxylic acids is 1.